The number of carbonyl (C=O) groups excluding carboxylic acids is 2. The fourth-order valence-electron chi connectivity index (χ4n) is 3.97. The van der Waals surface area contributed by atoms with Gasteiger partial charge in [-0.25, -0.2) is 0 Å². The van der Waals surface area contributed by atoms with Crippen LogP contribution in [-0.4, -0.2) is 65.5 Å². The van der Waals surface area contributed by atoms with Crippen molar-refractivity contribution in [1.29, 1.82) is 0 Å². The third-order valence-electron chi connectivity index (χ3n) is 6.15. The minimum atomic E-state index is -5.00. The number of benzene rings is 2. The van der Waals surface area contributed by atoms with Gasteiger partial charge in [-0.15, -0.1) is 13.2 Å². The predicted octanol–water partition coefficient (Wildman–Crippen LogP) is 4.05. The van der Waals surface area contributed by atoms with Crippen molar-refractivity contribution in [2.75, 3.05) is 36.9 Å². The van der Waals surface area contributed by atoms with E-state index in [-0.39, 0.29) is 17.9 Å². The fourth-order valence-corrected chi connectivity index (χ4v) is 3.97. The molecule has 1 unspecified atom stereocenters. The number of hydrogen-bond acceptors (Lipinski definition) is 7. The summed E-state index contributed by atoms with van der Waals surface area (Å²) in [6.07, 6.45) is -3.55. The maximum absolute atomic E-state index is 13.0. The Hall–Kier alpha value is -4.00. The number of rotatable bonds is 8. The van der Waals surface area contributed by atoms with E-state index in [2.05, 4.69) is 20.4 Å². The number of carbonyl (C=O) groups is 2. The Kier molecular flexibility index (Phi) is 8.79. The lowest BCUT2D eigenvalue weighted by atomic mass is 10.1. The topological polar surface area (TPSA) is 113 Å². The Morgan fingerprint density at radius 2 is 1.79 bits per heavy atom. The van der Waals surface area contributed by atoms with E-state index in [1.165, 1.54) is 12.3 Å². The summed E-state index contributed by atoms with van der Waals surface area (Å²) >= 11 is 0. The van der Waals surface area contributed by atoms with Crippen molar-refractivity contribution in [3.63, 3.8) is 0 Å². The number of amides is 2. The van der Waals surface area contributed by atoms with E-state index in [9.17, 15) is 27.9 Å². The first-order valence-corrected chi connectivity index (χ1v) is 12.1. The summed E-state index contributed by atoms with van der Waals surface area (Å²) in [4.78, 5) is 31.9. The molecule has 2 heterocycles. The number of nitrogens with one attached hydrogen (secondary N) is 2. The van der Waals surface area contributed by atoms with Crippen LogP contribution in [0.15, 0.2) is 60.8 Å². The van der Waals surface area contributed by atoms with Crippen molar-refractivity contribution in [2.45, 2.75) is 25.9 Å². The van der Waals surface area contributed by atoms with Crippen molar-refractivity contribution in [3.05, 3.63) is 71.9 Å². The van der Waals surface area contributed by atoms with Gasteiger partial charge >= 0.3 is 6.36 Å². The Morgan fingerprint density at radius 1 is 1.08 bits per heavy atom. The zero-order chi connectivity index (χ0) is 28.0. The number of aliphatic hydroxyl groups is 1. The maximum atomic E-state index is 13.0. The second-order valence-corrected chi connectivity index (χ2v) is 8.81. The minimum absolute atomic E-state index is 0.00233. The average Bonchev–Trinajstić information content (AvgIpc) is 2.93. The molecule has 2 aromatic carbocycles. The van der Waals surface area contributed by atoms with Crippen molar-refractivity contribution in [1.82, 2.24) is 9.88 Å². The molecule has 2 amide bonds. The predicted molar refractivity (Wildman–Crippen MR) is 137 cm³/mol. The summed E-state index contributed by atoms with van der Waals surface area (Å²) in [5, 5.41) is 14.3. The van der Waals surface area contributed by atoms with Gasteiger partial charge in [0.05, 0.1) is 49.1 Å². The fraction of sp³-hybridized carbons (Fsp3) is 0.296. The van der Waals surface area contributed by atoms with Gasteiger partial charge in [-0.2, -0.15) is 0 Å². The zero-order valence-corrected chi connectivity index (χ0v) is 21.0. The van der Waals surface area contributed by atoms with Crippen LogP contribution in [0.3, 0.4) is 0 Å². The summed E-state index contributed by atoms with van der Waals surface area (Å²) in [7, 11) is 0. The molecule has 1 atom stereocenters. The van der Waals surface area contributed by atoms with Crippen molar-refractivity contribution in [3.8, 4) is 17.0 Å². The zero-order valence-electron chi connectivity index (χ0n) is 21.0. The van der Waals surface area contributed by atoms with Crippen LogP contribution in [0.25, 0.3) is 11.3 Å². The third kappa shape index (κ3) is 7.53. The first kappa shape index (κ1) is 28.0. The van der Waals surface area contributed by atoms with E-state index >= 15 is 0 Å². The summed E-state index contributed by atoms with van der Waals surface area (Å²) in [5.41, 5.74) is 2.30. The summed E-state index contributed by atoms with van der Waals surface area (Å²) in [6.45, 7) is 3.47. The molecule has 1 aromatic heterocycles. The van der Waals surface area contributed by atoms with E-state index in [0.29, 0.717) is 37.7 Å². The molecule has 0 radical (unpaired) electrons. The molecule has 1 aliphatic rings. The molecular formula is C27H27F3N4O5. The molecule has 0 aliphatic carbocycles. The first-order valence-electron chi connectivity index (χ1n) is 12.1. The van der Waals surface area contributed by atoms with Gasteiger partial charge in [-0.3, -0.25) is 19.5 Å². The molecule has 0 spiro atoms. The molecule has 1 aliphatic heterocycles. The van der Waals surface area contributed by atoms with Crippen LogP contribution in [0.2, 0.25) is 0 Å². The molecule has 3 N–H and O–H groups in total. The third-order valence-corrected chi connectivity index (χ3v) is 6.15. The number of ether oxygens (including phenoxy) is 2. The van der Waals surface area contributed by atoms with Gasteiger partial charge in [-0.1, -0.05) is 24.3 Å². The number of hydrogen-bond donors (Lipinski definition) is 3. The van der Waals surface area contributed by atoms with Crippen molar-refractivity contribution < 1.29 is 37.3 Å². The van der Waals surface area contributed by atoms with E-state index in [1.54, 1.807) is 31.2 Å². The van der Waals surface area contributed by atoms with Gasteiger partial charge in [0.25, 0.3) is 5.91 Å². The van der Waals surface area contributed by atoms with E-state index in [0.717, 1.165) is 23.3 Å². The van der Waals surface area contributed by atoms with Crippen LogP contribution in [0, 0.1) is 0 Å². The van der Waals surface area contributed by atoms with Crippen LogP contribution in [0.1, 0.15) is 22.8 Å². The van der Waals surface area contributed by atoms with Gasteiger partial charge in [0, 0.05) is 24.2 Å². The number of nitrogens with zero attached hydrogens (tertiary/aromatic N) is 2. The number of aromatic nitrogens is 1. The maximum Gasteiger partial charge on any atom is 0.573 e. The molecule has 206 valence electrons. The van der Waals surface area contributed by atoms with Crippen LogP contribution in [0.5, 0.6) is 5.75 Å². The summed E-state index contributed by atoms with van der Waals surface area (Å²) in [6, 6.07) is 13.1. The normalized spacial score (nSPS) is 14.9. The lowest BCUT2D eigenvalue weighted by molar-refractivity contribution is -0.274. The molecule has 4 rings (SSSR count). The Labute approximate surface area is 222 Å². The lowest BCUT2D eigenvalue weighted by Crippen LogP contribution is -2.47. The van der Waals surface area contributed by atoms with Crippen molar-refractivity contribution >= 4 is 23.2 Å². The molecule has 0 saturated carbocycles. The van der Waals surface area contributed by atoms with E-state index in [4.69, 9.17) is 4.74 Å². The lowest BCUT2D eigenvalue weighted by Gasteiger charge is -2.31. The SMILES string of the molecule is CC(C(=O)Nc1cc(C(=O)Nc2ccc(-c3ccc(CO)cc3)nc2)ccc1OC(F)(F)F)N1CCOCC1. The van der Waals surface area contributed by atoms with Crippen LogP contribution >= 0.6 is 0 Å². The standard InChI is InChI=1S/C27H27F3N4O5/c1-17(34-10-12-38-13-11-34)25(36)33-23-14-20(6-9-24(23)39-27(28,29)30)26(37)32-21-7-8-22(31-15-21)19-4-2-18(16-35)3-5-19/h2-9,14-15,17,35H,10-13,16H2,1H3,(H,32,37)(H,33,36). The minimum Gasteiger partial charge on any atom is -0.404 e. The second-order valence-electron chi connectivity index (χ2n) is 8.81. The molecule has 3 aromatic rings. The molecule has 1 fully saturated rings. The van der Waals surface area contributed by atoms with E-state index in [1.807, 2.05) is 17.0 Å². The highest BCUT2D eigenvalue weighted by Crippen LogP contribution is 2.32. The number of aliphatic hydroxyl groups excluding tert-OH is 1. The highest BCUT2D eigenvalue weighted by molar-refractivity contribution is 6.06. The molecule has 39 heavy (non-hydrogen) atoms. The number of halogens is 3. The Bertz CT molecular complexity index is 1290. The summed E-state index contributed by atoms with van der Waals surface area (Å²) in [5.74, 6) is -1.81. The van der Waals surface area contributed by atoms with Crippen molar-refractivity contribution in [2.24, 2.45) is 0 Å². The number of anilines is 2. The Balaban J connectivity index is 1.49. The smallest absolute Gasteiger partial charge is 0.404 e. The van der Waals surface area contributed by atoms with Gasteiger partial charge in [0.15, 0.2) is 5.75 Å². The molecular weight excluding hydrogens is 517 g/mol. The molecule has 1 saturated heterocycles. The van der Waals surface area contributed by atoms with Gasteiger partial charge in [0.1, 0.15) is 0 Å². The number of pyridine rings is 1. The quantitative estimate of drug-likeness (QED) is 0.392. The molecule has 0 bridgehead atoms. The van der Waals surface area contributed by atoms with Crippen LogP contribution in [0.4, 0.5) is 24.5 Å². The monoisotopic (exact) mass is 544 g/mol. The molecule has 12 heteroatoms. The highest BCUT2D eigenvalue weighted by atomic mass is 19.4. The van der Waals surface area contributed by atoms with Gasteiger partial charge < -0.3 is 25.2 Å². The first-order chi connectivity index (χ1) is 18.6. The number of alkyl halides is 3. The molecule has 9 nitrogen and oxygen atoms in total. The van der Waals surface area contributed by atoms with Gasteiger partial charge in [0.2, 0.25) is 5.91 Å². The number of morpholine rings is 1. The van der Waals surface area contributed by atoms with Crippen LogP contribution in [-0.2, 0) is 16.1 Å². The average molecular weight is 545 g/mol. The van der Waals surface area contributed by atoms with E-state index < -0.39 is 30.0 Å². The van der Waals surface area contributed by atoms with Gasteiger partial charge in [-0.05, 0) is 42.8 Å². The van der Waals surface area contributed by atoms with Crippen LogP contribution < -0.4 is 15.4 Å². The highest BCUT2D eigenvalue weighted by Gasteiger charge is 2.33. The second kappa shape index (κ2) is 12.2. The summed E-state index contributed by atoms with van der Waals surface area (Å²) < 4.78 is 48.3. The largest absolute Gasteiger partial charge is 0.573 e. The Morgan fingerprint density at radius 3 is 2.41 bits per heavy atom.